The van der Waals surface area contributed by atoms with Crippen LogP contribution in [-0.2, 0) is 12.8 Å². The van der Waals surface area contributed by atoms with Crippen LogP contribution in [0.2, 0.25) is 0 Å². The van der Waals surface area contributed by atoms with Crippen LogP contribution in [0.5, 0.6) is 0 Å². The lowest BCUT2D eigenvalue weighted by Gasteiger charge is -2.26. The van der Waals surface area contributed by atoms with Gasteiger partial charge in [-0.1, -0.05) is 63.1 Å². The van der Waals surface area contributed by atoms with E-state index in [2.05, 4.69) is 18.8 Å². The van der Waals surface area contributed by atoms with Crippen molar-refractivity contribution in [1.29, 1.82) is 0 Å². The number of hydrogen-bond acceptors (Lipinski definition) is 0. The molecule has 164 valence electrons. The van der Waals surface area contributed by atoms with Gasteiger partial charge in [-0.2, -0.15) is 0 Å². The van der Waals surface area contributed by atoms with Crippen LogP contribution in [0.25, 0.3) is 22.3 Å². The highest BCUT2D eigenvalue weighted by atomic mass is 19.2. The van der Waals surface area contributed by atoms with E-state index in [1.807, 2.05) is 13.0 Å². The molecular weight excluding hydrogens is 412 g/mol. The van der Waals surface area contributed by atoms with E-state index < -0.39 is 23.3 Å². The summed E-state index contributed by atoms with van der Waals surface area (Å²) in [4.78, 5) is 0. The Bertz CT molecular complexity index is 1240. The lowest BCUT2D eigenvalue weighted by Crippen LogP contribution is -2.10. The van der Waals surface area contributed by atoms with E-state index in [0.29, 0.717) is 23.1 Å². The molecule has 4 rings (SSSR count). The standard InChI is InChI=1S/C28H24F4/c1-3-5-6-8-17-9-10-18(23(29)15-17)11-12-20-16-22-21-14-13-19(7-4-2)26(30)24(21)25(22)28(32)27(20)31/h9-10,13-16H,3-8H2,1-2H3. The van der Waals surface area contributed by atoms with Gasteiger partial charge in [-0.15, -0.1) is 0 Å². The van der Waals surface area contributed by atoms with Crippen molar-refractivity contribution in [3.8, 4) is 34.1 Å². The van der Waals surface area contributed by atoms with Crippen molar-refractivity contribution < 1.29 is 17.6 Å². The zero-order valence-corrected chi connectivity index (χ0v) is 18.2. The van der Waals surface area contributed by atoms with Crippen LogP contribution in [0.4, 0.5) is 17.6 Å². The molecular formula is C28H24F4. The van der Waals surface area contributed by atoms with E-state index in [-0.39, 0.29) is 22.3 Å². The fraction of sp³-hybridized carbons (Fsp3) is 0.286. The number of halogens is 4. The number of fused-ring (bicyclic) bond motifs is 4. The van der Waals surface area contributed by atoms with Gasteiger partial charge in [-0.3, -0.25) is 0 Å². The van der Waals surface area contributed by atoms with Gasteiger partial charge in [-0.05, 0) is 59.7 Å². The fourth-order valence-electron chi connectivity index (χ4n) is 4.19. The first-order chi connectivity index (χ1) is 15.5. The summed E-state index contributed by atoms with van der Waals surface area (Å²) in [5.41, 5.74) is 2.40. The topological polar surface area (TPSA) is 0 Å². The third-order valence-electron chi connectivity index (χ3n) is 5.92. The van der Waals surface area contributed by atoms with Gasteiger partial charge in [0.25, 0.3) is 0 Å². The van der Waals surface area contributed by atoms with E-state index in [4.69, 9.17) is 0 Å². The third-order valence-corrected chi connectivity index (χ3v) is 5.92. The van der Waals surface area contributed by atoms with Crippen LogP contribution in [0, 0.1) is 35.1 Å². The van der Waals surface area contributed by atoms with Crippen molar-refractivity contribution in [2.75, 3.05) is 0 Å². The Morgan fingerprint density at radius 3 is 2.12 bits per heavy atom. The molecule has 0 spiro atoms. The summed E-state index contributed by atoms with van der Waals surface area (Å²) in [5, 5.41) is 0. The fourth-order valence-corrected chi connectivity index (χ4v) is 4.19. The first-order valence-corrected chi connectivity index (χ1v) is 11.1. The van der Waals surface area contributed by atoms with Gasteiger partial charge in [-0.25, -0.2) is 17.6 Å². The molecule has 0 aromatic heterocycles. The minimum Gasteiger partial charge on any atom is -0.206 e. The molecule has 0 N–H and O–H groups in total. The predicted octanol–water partition coefficient (Wildman–Crippen LogP) is 7.98. The zero-order valence-electron chi connectivity index (χ0n) is 18.2. The lowest BCUT2D eigenvalue weighted by molar-refractivity contribution is 0.507. The molecule has 0 heterocycles. The summed E-state index contributed by atoms with van der Waals surface area (Å²) < 4.78 is 58.7. The minimum absolute atomic E-state index is 0.0406. The summed E-state index contributed by atoms with van der Waals surface area (Å²) in [5.74, 6) is 1.96. The maximum atomic E-state index is 14.8. The Morgan fingerprint density at radius 1 is 0.656 bits per heavy atom. The van der Waals surface area contributed by atoms with E-state index in [9.17, 15) is 17.6 Å². The molecule has 0 radical (unpaired) electrons. The predicted molar refractivity (Wildman–Crippen MR) is 120 cm³/mol. The highest BCUT2D eigenvalue weighted by Crippen LogP contribution is 2.51. The maximum Gasteiger partial charge on any atom is 0.175 e. The molecule has 1 aliphatic rings. The van der Waals surface area contributed by atoms with Crippen molar-refractivity contribution in [1.82, 2.24) is 0 Å². The highest BCUT2D eigenvalue weighted by Gasteiger charge is 2.33. The number of hydrogen-bond donors (Lipinski definition) is 0. The van der Waals surface area contributed by atoms with Gasteiger partial charge in [0.05, 0.1) is 11.1 Å². The maximum absolute atomic E-state index is 14.8. The van der Waals surface area contributed by atoms with Crippen LogP contribution >= 0.6 is 0 Å². The SMILES string of the molecule is CCCCCc1ccc(C#Cc2cc3c(c(F)c2F)-c2c-3ccc(CCC)c2F)c(F)c1. The summed E-state index contributed by atoms with van der Waals surface area (Å²) >= 11 is 0. The quantitative estimate of drug-likeness (QED) is 0.163. The van der Waals surface area contributed by atoms with Gasteiger partial charge < -0.3 is 0 Å². The zero-order chi connectivity index (χ0) is 22.8. The molecule has 0 fully saturated rings. The van der Waals surface area contributed by atoms with Crippen LogP contribution in [-0.4, -0.2) is 0 Å². The van der Waals surface area contributed by atoms with Crippen molar-refractivity contribution in [2.24, 2.45) is 0 Å². The van der Waals surface area contributed by atoms with Crippen LogP contribution in [0.15, 0.2) is 36.4 Å². The first-order valence-electron chi connectivity index (χ1n) is 11.1. The molecule has 0 unspecified atom stereocenters. The molecule has 0 saturated heterocycles. The summed E-state index contributed by atoms with van der Waals surface area (Å²) in [6.07, 6.45) is 5.24. The van der Waals surface area contributed by atoms with Crippen molar-refractivity contribution in [2.45, 2.75) is 52.4 Å². The highest BCUT2D eigenvalue weighted by molar-refractivity contribution is 6.03. The van der Waals surface area contributed by atoms with Crippen LogP contribution in [0.1, 0.15) is 61.8 Å². The Hall–Kier alpha value is -3.06. The van der Waals surface area contributed by atoms with Crippen LogP contribution in [0.3, 0.4) is 0 Å². The van der Waals surface area contributed by atoms with Crippen LogP contribution < -0.4 is 0 Å². The molecule has 0 amide bonds. The average molecular weight is 436 g/mol. The van der Waals surface area contributed by atoms with Gasteiger partial charge in [0.2, 0.25) is 0 Å². The van der Waals surface area contributed by atoms with E-state index in [1.54, 1.807) is 18.2 Å². The first kappa shape index (κ1) is 22.1. The molecule has 0 bridgehead atoms. The average Bonchev–Trinajstić information content (AvgIpc) is 2.76. The van der Waals surface area contributed by atoms with Gasteiger partial charge in [0.1, 0.15) is 11.6 Å². The molecule has 0 nitrogen and oxygen atoms in total. The van der Waals surface area contributed by atoms with Gasteiger partial charge in [0, 0.05) is 11.1 Å². The number of rotatable bonds is 6. The Kier molecular flexibility index (Phi) is 6.37. The molecule has 3 aromatic rings. The van der Waals surface area contributed by atoms with Gasteiger partial charge in [0.15, 0.2) is 11.6 Å². The Labute approximate surface area is 186 Å². The van der Waals surface area contributed by atoms with Crippen molar-refractivity contribution >= 4 is 0 Å². The molecule has 0 atom stereocenters. The number of benzene rings is 3. The third kappa shape index (κ3) is 3.93. The Morgan fingerprint density at radius 2 is 1.41 bits per heavy atom. The van der Waals surface area contributed by atoms with Crippen molar-refractivity contribution in [3.63, 3.8) is 0 Å². The second-order valence-corrected chi connectivity index (χ2v) is 8.21. The number of aryl methyl sites for hydroxylation is 2. The normalized spacial score (nSPS) is 11.3. The Balaban J connectivity index is 1.64. The van der Waals surface area contributed by atoms with E-state index in [0.717, 1.165) is 37.7 Å². The second-order valence-electron chi connectivity index (χ2n) is 8.21. The molecule has 1 aliphatic carbocycles. The molecule has 0 aliphatic heterocycles. The monoisotopic (exact) mass is 436 g/mol. The molecule has 0 saturated carbocycles. The van der Waals surface area contributed by atoms with Gasteiger partial charge >= 0.3 is 0 Å². The molecule has 3 aromatic carbocycles. The molecule has 4 heteroatoms. The lowest BCUT2D eigenvalue weighted by atomic mass is 9.77. The number of unbranched alkanes of at least 4 members (excludes halogenated alkanes) is 2. The summed E-state index contributed by atoms with van der Waals surface area (Å²) in [6, 6.07) is 9.66. The largest absolute Gasteiger partial charge is 0.206 e. The minimum atomic E-state index is -1.14. The summed E-state index contributed by atoms with van der Waals surface area (Å²) in [7, 11) is 0. The van der Waals surface area contributed by atoms with E-state index >= 15 is 0 Å². The smallest absolute Gasteiger partial charge is 0.175 e. The summed E-state index contributed by atoms with van der Waals surface area (Å²) in [6.45, 7) is 4.04. The van der Waals surface area contributed by atoms with E-state index in [1.165, 1.54) is 12.1 Å². The molecule has 32 heavy (non-hydrogen) atoms. The second kappa shape index (κ2) is 9.20. The van der Waals surface area contributed by atoms with Crippen molar-refractivity contribution in [3.05, 3.63) is 81.9 Å².